The largest absolute Gasteiger partial charge is 0.481 e. The van der Waals surface area contributed by atoms with E-state index in [2.05, 4.69) is 10.3 Å². The second-order valence-corrected chi connectivity index (χ2v) is 5.70. The Morgan fingerprint density at radius 2 is 2.23 bits per heavy atom. The zero-order valence-electron chi connectivity index (χ0n) is 12.3. The monoisotopic (exact) mass is 298 g/mol. The predicted molar refractivity (Wildman–Crippen MR) is 82.6 cm³/mol. The summed E-state index contributed by atoms with van der Waals surface area (Å²) in [4.78, 5) is 26.2. The first kappa shape index (κ1) is 14.4. The van der Waals surface area contributed by atoms with Crippen LogP contribution in [0.25, 0.3) is 6.08 Å². The van der Waals surface area contributed by atoms with E-state index in [1.54, 1.807) is 0 Å². The fourth-order valence-electron chi connectivity index (χ4n) is 3.15. The minimum Gasteiger partial charge on any atom is -0.481 e. The van der Waals surface area contributed by atoms with Crippen molar-refractivity contribution in [2.75, 3.05) is 0 Å². The number of aromatic nitrogens is 1. The third-order valence-electron chi connectivity index (χ3n) is 4.25. The molecule has 3 N–H and O–H groups in total. The number of carboxylic acids is 1. The fourth-order valence-corrected chi connectivity index (χ4v) is 3.15. The number of aliphatic carboxylic acids is 1. The molecule has 2 heterocycles. The first-order valence-corrected chi connectivity index (χ1v) is 7.33. The molecule has 0 radical (unpaired) electrons. The highest BCUT2D eigenvalue weighted by Gasteiger charge is 2.41. The molecule has 1 aromatic heterocycles. The van der Waals surface area contributed by atoms with Crippen molar-refractivity contribution in [1.82, 2.24) is 10.3 Å². The van der Waals surface area contributed by atoms with Crippen LogP contribution in [0, 0.1) is 11.8 Å². The van der Waals surface area contributed by atoms with Crippen LogP contribution in [-0.2, 0) is 9.59 Å². The molecular formula is C17H18N2O3. The Bertz CT molecular complexity index is 695. The van der Waals surface area contributed by atoms with Crippen LogP contribution in [0.4, 0.5) is 0 Å². The summed E-state index contributed by atoms with van der Waals surface area (Å²) < 4.78 is 0. The molecule has 1 aliphatic carbocycles. The average Bonchev–Trinajstić information content (AvgIpc) is 3.07. The van der Waals surface area contributed by atoms with Gasteiger partial charge in [-0.05, 0) is 48.8 Å². The molecule has 2 unspecified atom stereocenters. The van der Waals surface area contributed by atoms with Crippen LogP contribution >= 0.6 is 0 Å². The lowest BCUT2D eigenvalue weighted by molar-refractivity contribution is -0.137. The maximum absolute atomic E-state index is 12.2. The molecule has 114 valence electrons. The van der Waals surface area contributed by atoms with Gasteiger partial charge >= 0.3 is 5.97 Å². The SMILES string of the molecule is CC1=CC=C2NC(=O)C(CCC(=O)O)C2C1=Cc1ccc[nH]1. The van der Waals surface area contributed by atoms with Crippen molar-refractivity contribution in [2.45, 2.75) is 19.8 Å². The van der Waals surface area contributed by atoms with Crippen molar-refractivity contribution in [3.05, 3.63) is 53.0 Å². The summed E-state index contributed by atoms with van der Waals surface area (Å²) in [5.74, 6) is -1.37. The van der Waals surface area contributed by atoms with E-state index in [0.717, 1.165) is 22.5 Å². The number of amides is 1. The summed E-state index contributed by atoms with van der Waals surface area (Å²) in [6.45, 7) is 2.01. The van der Waals surface area contributed by atoms with Gasteiger partial charge in [-0.1, -0.05) is 6.08 Å². The lowest BCUT2D eigenvalue weighted by Crippen LogP contribution is -2.21. The molecular weight excluding hydrogens is 280 g/mol. The van der Waals surface area contributed by atoms with Gasteiger partial charge in [0.05, 0.1) is 5.92 Å². The Hall–Kier alpha value is -2.56. The lowest BCUT2D eigenvalue weighted by Gasteiger charge is -2.24. The fraction of sp³-hybridized carbons (Fsp3) is 0.294. The van der Waals surface area contributed by atoms with E-state index in [1.807, 2.05) is 43.5 Å². The van der Waals surface area contributed by atoms with Gasteiger partial charge in [-0.15, -0.1) is 0 Å². The van der Waals surface area contributed by atoms with Gasteiger partial charge in [0.25, 0.3) is 0 Å². The highest BCUT2D eigenvalue weighted by Crippen LogP contribution is 2.41. The highest BCUT2D eigenvalue weighted by atomic mass is 16.4. The first-order chi connectivity index (χ1) is 10.6. The predicted octanol–water partition coefficient (Wildman–Crippen LogP) is 2.47. The number of carbonyl (C=O) groups excluding carboxylic acids is 1. The molecule has 5 nitrogen and oxygen atoms in total. The minimum absolute atomic E-state index is 0.000407. The quantitative estimate of drug-likeness (QED) is 0.798. The molecule has 2 aliphatic rings. The van der Waals surface area contributed by atoms with Crippen LogP contribution in [-0.4, -0.2) is 22.0 Å². The molecule has 0 saturated carbocycles. The summed E-state index contributed by atoms with van der Waals surface area (Å²) >= 11 is 0. The molecule has 5 heteroatoms. The Labute approximate surface area is 128 Å². The van der Waals surface area contributed by atoms with Crippen LogP contribution in [0.3, 0.4) is 0 Å². The third kappa shape index (κ3) is 2.62. The van der Waals surface area contributed by atoms with E-state index in [-0.39, 0.29) is 24.2 Å². The van der Waals surface area contributed by atoms with E-state index < -0.39 is 5.97 Å². The highest BCUT2D eigenvalue weighted by molar-refractivity contribution is 5.87. The Balaban J connectivity index is 1.95. The van der Waals surface area contributed by atoms with E-state index in [1.165, 1.54) is 0 Å². The molecule has 1 saturated heterocycles. The number of aromatic amines is 1. The molecule has 1 amide bonds. The summed E-state index contributed by atoms with van der Waals surface area (Å²) in [6, 6.07) is 3.89. The number of nitrogens with one attached hydrogen (secondary N) is 2. The van der Waals surface area contributed by atoms with Crippen LogP contribution in [0.1, 0.15) is 25.5 Å². The van der Waals surface area contributed by atoms with E-state index in [4.69, 9.17) is 5.11 Å². The van der Waals surface area contributed by atoms with Crippen LogP contribution < -0.4 is 5.32 Å². The number of hydrogen-bond donors (Lipinski definition) is 3. The molecule has 1 aliphatic heterocycles. The van der Waals surface area contributed by atoms with E-state index in [9.17, 15) is 9.59 Å². The van der Waals surface area contributed by atoms with Gasteiger partial charge in [-0.2, -0.15) is 0 Å². The van der Waals surface area contributed by atoms with Gasteiger partial charge in [0.15, 0.2) is 0 Å². The van der Waals surface area contributed by atoms with Crippen molar-refractivity contribution in [3.8, 4) is 0 Å². The summed E-state index contributed by atoms with van der Waals surface area (Å²) in [6.07, 6.45) is 8.15. The van der Waals surface area contributed by atoms with Crippen molar-refractivity contribution in [3.63, 3.8) is 0 Å². The van der Waals surface area contributed by atoms with Gasteiger partial charge in [0.2, 0.25) is 5.91 Å². The smallest absolute Gasteiger partial charge is 0.303 e. The molecule has 1 fully saturated rings. The number of rotatable bonds is 4. The zero-order valence-corrected chi connectivity index (χ0v) is 12.3. The Morgan fingerprint density at radius 3 is 2.91 bits per heavy atom. The number of H-pyrrole nitrogens is 1. The normalized spacial score (nSPS) is 25.5. The molecule has 0 aromatic carbocycles. The second kappa shape index (κ2) is 5.67. The van der Waals surface area contributed by atoms with Crippen LogP contribution in [0.2, 0.25) is 0 Å². The Kier molecular flexibility index (Phi) is 3.71. The van der Waals surface area contributed by atoms with Crippen molar-refractivity contribution in [2.24, 2.45) is 11.8 Å². The molecule has 22 heavy (non-hydrogen) atoms. The molecule has 0 bridgehead atoms. The second-order valence-electron chi connectivity index (χ2n) is 5.70. The topological polar surface area (TPSA) is 82.2 Å². The lowest BCUT2D eigenvalue weighted by atomic mass is 9.78. The maximum Gasteiger partial charge on any atom is 0.303 e. The summed E-state index contributed by atoms with van der Waals surface area (Å²) in [7, 11) is 0. The molecule has 2 atom stereocenters. The van der Waals surface area contributed by atoms with Gasteiger partial charge < -0.3 is 15.4 Å². The van der Waals surface area contributed by atoms with Gasteiger partial charge in [0.1, 0.15) is 0 Å². The maximum atomic E-state index is 12.2. The van der Waals surface area contributed by atoms with Crippen molar-refractivity contribution < 1.29 is 14.7 Å². The molecule has 0 spiro atoms. The molecule has 3 rings (SSSR count). The van der Waals surface area contributed by atoms with Crippen molar-refractivity contribution >= 4 is 18.0 Å². The summed E-state index contributed by atoms with van der Waals surface area (Å²) in [5, 5.41) is 11.8. The summed E-state index contributed by atoms with van der Waals surface area (Å²) in [5.41, 5.74) is 4.00. The number of carbonyl (C=O) groups is 2. The van der Waals surface area contributed by atoms with Crippen LogP contribution in [0.15, 0.2) is 47.3 Å². The number of hydrogen-bond acceptors (Lipinski definition) is 2. The average molecular weight is 298 g/mol. The van der Waals surface area contributed by atoms with E-state index in [0.29, 0.717) is 6.42 Å². The third-order valence-corrected chi connectivity index (χ3v) is 4.25. The number of carboxylic acid groups (broad SMARTS) is 1. The first-order valence-electron chi connectivity index (χ1n) is 7.33. The number of allylic oxidation sites excluding steroid dienone is 4. The molecule has 1 aromatic rings. The standard InChI is InChI=1S/C17H18N2O3/c1-10-4-6-14-16(13(10)9-11-3-2-8-18-11)12(17(22)19-14)5-7-15(20)21/h2-4,6,8-9,12,16,18H,5,7H2,1H3,(H,19,22)(H,20,21). The number of fused-ring (bicyclic) bond motifs is 1. The van der Waals surface area contributed by atoms with Gasteiger partial charge in [0, 0.05) is 29.9 Å². The van der Waals surface area contributed by atoms with Gasteiger partial charge in [-0.3, -0.25) is 9.59 Å². The minimum atomic E-state index is -0.872. The Morgan fingerprint density at radius 1 is 1.41 bits per heavy atom. The van der Waals surface area contributed by atoms with Crippen LogP contribution in [0.5, 0.6) is 0 Å². The van der Waals surface area contributed by atoms with E-state index >= 15 is 0 Å². The van der Waals surface area contributed by atoms with Gasteiger partial charge in [-0.25, -0.2) is 0 Å². The zero-order chi connectivity index (χ0) is 15.7. The van der Waals surface area contributed by atoms with Crippen molar-refractivity contribution in [1.29, 1.82) is 0 Å².